The summed E-state index contributed by atoms with van der Waals surface area (Å²) in [6, 6.07) is 12.3. The highest BCUT2D eigenvalue weighted by Crippen LogP contribution is 2.21. The molecule has 4 rings (SSSR count). The molecule has 0 radical (unpaired) electrons. The van der Waals surface area contributed by atoms with Gasteiger partial charge in [-0.05, 0) is 22.9 Å². The number of rotatable bonds is 5. The number of hydrogen-bond acceptors (Lipinski definition) is 7. The molecule has 144 valence electrons. The quantitative estimate of drug-likeness (QED) is 0.430. The number of anilines is 1. The van der Waals surface area contributed by atoms with Crippen LogP contribution in [0.4, 0.5) is 5.95 Å². The molecule has 0 unspecified atom stereocenters. The molecule has 1 aromatic heterocycles. The number of hydrogen-bond donors (Lipinski definition) is 3. The Morgan fingerprint density at radius 3 is 2.43 bits per heavy atom. The molecule has 10 heteroatoms. The van der Waals surface area contributed by atoms with Crippen LogP contribution in [0.25, 0.3) is 10.8 Å². The Morgan fingerprint density at radius 1 is 1.07 bits per heavy atom. The fourth-order valence-electron chi connectivity index (χ4n) is 3.00. The lowest BCUT2D eigenvalue weighted by atomic mass is 10.1. The minimum Gasteiger partial charge on any atom is -0.337 e. The zero-order chi connectivity index (χ0) is 19.7. The van der Waals surface area contributed by atoms with Gasteiger partial charge in [0, 0.05) is 25.5 Å². The van der Waals surface area contributed by atoms with E-state index in [0.717, 1.165) is 10.8 Å². The Bertz CT molecular complexity index is 1130. The maximum atomic E-state index is 12.6. The minimum absolute atomic E-state index is 0.125. The van der Waals surface area contributed by atoms with Crippen LogP contribution in [-0.4, -0.2) is 48.6 Å². The predicted octanol–water partition coefficient (Wildman–Crippen LogP) is 0.916. The molecular formula is C18H17N5O4S. The van der Waals surface area contributed by atoms with E-state index < -0.39 is 15.9 Å². The summed E-state index contributed by atoms with van der Waals surface area (Å²) >= 11 is 0. The third-order valence-corrected chi connectivity index (χ3v) is 6.04. The third kappa shape index (κ3) is 3.52. The largest absolute Gasteiger partial charge is 0.337 e. The Labute approximate surface area is 161 Å². The molecule has 3 N–H and O–H groups in total. The van der Waals surface area contributed by atoms with E-state index in [1.165, 1.54) is 17.9 Å². The van der Waals surface area contributed by atoms with Crippen LogP contribution in [0.5, 0.6) is 0 Å². The summed E-state index contributed by atoms with van der Waals surface area (Å²) in [6.45, 7) is 0.830. The summed E-state index contributed by atoms with van der Waals surface area (Å²) in [5.74, 6) is -0.313. The Hall–Kier alpha value is -3.08. The van der Waals surface area contributed by atoms with Gasteiger partial charge in [0.25, 0.3) is 5.91 Å². The van der Waals surface area contributed by atoms with Crippen LogP contribution in [0.15, 0.2) is 59.8 Å². The number of nitrogens with zero attached hydrogens (tertiary/aromatic N) is 3. The molecule has 1 amide bonds. The first kappa shape index (κ1) is 18.3. The smallest absolute Gasteiger partial charge is 0.277 e. The molecule has 9 nitrogen and oxygen atoms in total. The number of nitrogens with one attached hydrogen (secondary N) is 2. The summed E-state index contributed by atoms with van der Waals surface area (Å²) in [6.07, 6.45) is 2.58. The van der Waals surface area contributed by atoms with Crippen molar-refractivity contribution in [2.45, 2.75) is 10.9 Å². The van der Waals surface area contributed by atoms with Crippen LogP contribution in [0, 0.1) is 0 Å². The highest BCUT2D eigenvalue weighted by molar-refractivity contribution is 7.89. The molecule has 1 aliphatic rings. The van der Waals surface area contributed by atoms with Crippen LogP contribution >= 0.6 is 0 Å². The average Bonchev–Trinajstić information content (AvgIpc) is 2.69. The van der Waals surface area contributed by atoms with Crippen molar-refractivity contribution in [3.63, 3.8) is 0 Å². The lowest BCUT2D eigenvalue weighted by Crippen LogP contribution is -2.59. The van der Waals surface area contributed by atoms with E-state index in [4.69, 9.17) is 5.21 Å². The maximum Gasteiger partial charge on any atom is 0.277 e. The normalized spacial score (nSPS) is 14.7. The monoisotopic (exact) mass is 399 g/mol. The predicted molar refractivity (Wildman–Crippen MR) is 102 cm³/mol. The number of amides is 1. The van der Waals surface area contributed by atoms with Crippen molar-refractivity contribution in [2.75, 3.05) is 18.0 Å². The summed E-state index contributed by atoms with van der Waals surface area (Å²) in [7, 11) is -3.64. The second-order valence-electron chi connectivity index (χ2n) is 6.44. The van der Waals surface area contributed by atoms with Gasteiger partial charge in [-0.3, -0.25) is 10.0 Å². The van der Waals surface area contributed by atoms with Gasteiger partial charge in [0.2, 0.25) is 16.0 Å². The van der Waals surface area contributed by atoms with Gasteiger partial charge >= 0.3 is 0 Å². The van der Waals surface area contributed by atoms with Gasteiger partial charge in [0.05, 0.1) is 16.5 Å². The molecule has 0 spiro atoms. The number of carbonyl (C=O) groups is 1. The number of carbonyl (C=O) groups excluding carboxylic acids is 1. The van der Waals surface area contributed by atoms with Gasteiger partial charge in [-0.15, -0.1) is 0 Å². The Morgan fingerprint density at radius 2 is 1.75 bits per heavy atom. The van der Waals surface area contributed by atoms with Crippen molar-refractivity contribution in [3.05, 3.63) is 60.4 Å². The summed E-state index contributed by atoms with van der Waals surface area (Å²) in [5.41, 5.74) is 1.63. The second-order valence-corrected chi connectivity index (χ2v) is 8.16. The fourth-order valence-corrected chi connectivity index (χ4v) is 4.26. The van der Waals surface area contributed by atoms with Crippen molar-refractivity contribution >= 4 is 32.7 Å². The van der Waals surface area contributed by atoms with Gasteiger partial charge in [0.15, 0.2) is 0 Å². The Kier molecular flexibility index (Phi) is 4.67. The van der Waals surface area contributed by atoms with Crippen molar-refractivity contribution in [3.8, 4) is 0 Å². The van der Waals surface area contributed by atoms with Gasteiger partial charge < -0.3 is 4.90 Å². The summed E-state index contributed by atoms with van der Waals surface area (Å²) in [4.78, 5) is 21.4. The minimum atomic E-state index is -3.64. The first-order chi connectivity index (χ1) is 13.5. The number of fused-ring (bicyclic) bond motifs is 1. The molecule has 1 saturated heterocycles. The molecule has 3 aromatic rings. The van der Waals surface area contributed by atoms with Crippen LogP contribution in [0.3, 0.4) is 0 Å². The standard InChI is InChI=1S/C18H17N5O4S/c24-17(21-25)14-8-19-18(20-9-14)23-10-15(11-23)22-28(26,27)16-6-5-12-3-1-2-4-13(12)7-16/h1-9,15,22,25H,10-11H2,(H,21,24). The molecule has 0 aliphatic carbocycles. The SMILES string of the molecule is O=C(NO)c1cnc(N2CC(NS(=O)(=O)c3ccc4ccccc4c3)C2)nc1. The van der Waals surface area contributed by atoms with Gasteiger partial charge in [0.1, 0.15) is 0 Å². The van der Waals surface area contributed by atoms with Crippen LogP contribution in [0.1, 0.15) is 10.4 Å². The highest BCUT2D eigenvalue weighted by Gasteiger charge is 2.32. The number of hydroxylamine groups is 1. The van der Waals surface area contributed by atoms with E-state index in [1.807, 2.05) is 24.3 Å². The second kappa shape index (κ2) is 7.15. The van der Waals surface area contributed by atoms with Crippen LogP contribution < -0.4 is 15.1 Å². The molecular weight excluding hydrogens is 382 g/mol. The van der Waals surface area contributed by atoms with E-state index in [9.17, 15) is 13.2 Å². The molecule has 0 bridgehead atoms. The number of sulfonamides is 1. The fraction of sp³-hybridized carbons (Fsp3) is 0.167. The molecule has 2 aromatic carbocycles. The van der Waals surface area contributed by atoms with Crippen molar-refractivity contribution in [1.82, 2.24) is 20.2 Å². The molecule has 28 heavy (non-hydrogen) atoms. The van der Waals surface area contributed by atoms with Crippen LogP contribution in [-0.2, 0) is 10.0 Å². The lowest BCUT2D eigenvalue weighted by molar-refractivity contribution is 0.0705. The molecule has 1 aliphatic heterocycles. The first-order valence-electron chi connectivity index (χ1n) is 8.49. The lowest BCUT2D eigenvalue weighted by Gasteiger charge is -2.39. The zero-order valence-electron chi connectivity index (χ0n) is 14.6. The Balaban J connectivity index is 1.41. The van der Waals surface area contributed by atoms with E-state index in [-0.39, 0.29) is 16.5 Å². The van der Waals surface area contributed by atoms with Gasteiger partial charge in [-0.25, -0.2) is 28.6 Å². The van der Waals surface area contributed by atoms with Crippen LogP contribution in [0.2, 0.25) is 0 Å². The van der Waals surface area contributed by atoms with Crippen molar-refractivity contribution < 1.29 is 18.4 Å². The zero-order valence-corrected chi connectivity index (χ0v) is 15.4. The topological polar surface area (TPSA) is 125 Å². The molecule has 0 atom stereocenters. The summed E-state index contributed by atoms with van der Waals surface area (Å²) in [5, 5.41) is 10.4. The third-order valence-electron chi connectivity index (χ3n) is 4.52. The van der Waals surface area contributed by atoms with E-state index in [2.05, 4.69) is 14.7 Å². The summed E-state index contributed by atoms with van der Waals surface area (Å²) < 4.78 is 28.0. The van der Waals surface area contributed by atoms with Gasteiger partial charge in [-0.2, -0.15) is 0 Å². The van der Waals surface area contributed by atoms with Crippen molar-refractivity contribution in [1.29, 1.82) is 0 Å². The van der Waals surface area contributed by atoms with E-state index in [1.54, 1.807) is 23.1 Å². The number of aromatic nitrogens is 2. The molecule has 2 heterocycles. The van der Waals surface area contributed by atoms with Gasteiger partial charge in [-0.1, -0.05) is 30.3 Å². The highest BCUT2D eigenvalue weighted by atomic mass is 32.2. The average molecular weight is 399 g/mol. The van der Waals surface area contributed by atoms with E-state index in [0.29, 0.717) is 19.0 Å². The van der Waals surface area contributed by atoms with E-state index >= 15 is 0 Å². The maximum absolute atomic E-state index is 12.6. The first-order valence-corrected chi connectivity index (χ1v) is 9.97. The molecule has 1 fully saturated rings. The number of benzene rings is 2. The van der Waals surface area contributed by atoms with Crippen molar-refractivity contribution in [2.24, 2.45) is 0 Å². The molecule has 0 saturated carbocycles.